The molecule has 6 heteroatoms. The molecule has 16 heavy (non-hydrogen) atoms. The molecule has 2 N–H and O–H groups in total. The van der Waals surface area contributed by atoms with Gasteiger partial charge in [-0.3, -0.25) is 4.79 Å². The molecule has 1 amide bonds. The molecule has 0 spiro atoms. The summed E-state index contributed by atoms with van der Waals surface area (Å²) in [5.74, 6) is 0.00234. The lowest BCUT2D eigenvalue weighted by Gasteiger charge is -2.23. The van der Waals surface area contributed by atoms with Crippen molar-refractivity contribution in [2.24, 2.45) is 0 Å². The van der Waals surface area contributed by atoms with Gasteiger partial charge in [-0.2, -0.15) is 0 Å². The first-order chi connectivity index (χ1) is 7.66. The number of nitrogens with one attached hydrogen (secondary N) is 2. The number of carbonyl (C=O) groups excluding carboxylic acids is 1. The van der Waals surface area contributed by atoms with E-state index < -0.39 is 0 Å². The fourth-order valence-corrected chi connectivity index (χ4v) is 4.53. The molecule has 1 fully saturated rings. The van der Waals surface area contributed by atoms with Gasteiger partial charge in [-0.25, -0.2) is 0 Å². The van der Waals surface area contributed by atoms with E-state index in [1.165, 1.54) is 11.3 Å². The van der Waals surface area contributed by atoms with Gasteiger partial charge < -0.3 is 10.6 Å². The Morgan fingerprint density at radius 2 is 2.38 bits per heavy atom. The second-order valence-corrected chi connectivity index (χ2v) is 7.50. The maximum Gasteiger partial charge on any atom is 0.253 e. The summed E-state index contributed by atoms with van der Waals surface area (Å²) < 4.78 is 1.84. The van der Waals surface area contributed by atoms with Crippen LogP contribution in [0.1, 0.15) is 23.2 Å². The lowest BCUT2D eigenvalue weighted by molar-refractivity contribution is 0.0930. The van der Waals surface area contributed by atoms with Gasteiger partial charge in [0.1, 0.15) is 0 Å². The Labute approximate surface area is 115 Å². The largest absolute Gasteiger partial charge is 0.348 e. The van der Waals surface area contributed by atoms with Crippen LogP contribution in [0.5, 0.6) is 0 Å². The van der Waals surface area contributed by atoms with E-state index in [0.717, 1.165) is 33.5 Å². The highest BCUT2D eigenvalue weighted by Crippen LogP contribution is 2.31. The minimum absolute atomic E-state index is 0.00234. The average Bonchev–Trinajstić information content (AvgIpc) is 2.59. The molecule has 1 unspecified atom stereocenters. The van der Waals surface area contributed by atoms with Gasteiger partial charge in [0.2, 0.25) is 0 Å². The third-order valence-electron chi connectivity index (χ3n) is 2.53. The van der Waals surface area contributed by atoms with Gasteiger partial charge in [-0.05, 0) is 57.3 Å². The second-order valence-electron chi connectivity index (χ2n) is 3.75. The van der Waals surface area contributed by atoms with Crippen molar-refractivity contribution in [3.05, 3.63) is 19.2 Å². The highest BCUT2D eigenvalue weighted by atomic mass is 79.9. The van der Waals surface area contributed by atoms with E-state index in [1.807, 2.05) is 6.07 Å². The van der Waals surface area contributed by atoms with Gasteiger partial charge in [0.25, 0.3) is 5.91 Å². The first-order valence-electron chi connectivity index (χ1n) is 5.13. The third-order valence-corrected chi connectivity index (χ3v) is 4.87. The van der Waals surface area contributed by atoms with Crippen molar-refractivity contribution in [1.29, 1.82) is 0 Å². The first-order valence-corrected chi connectivity index (χ1v) is 7.53. The average molecular weight is 368 g/mol. The second kappa shape index (κ2) is 5.62. The molecule has 1 atom stereocenters. The summed E-state index contributed by atoms with van der Waals surface area (Å²) in [6.07, 6.45) is 2.18. The SMILES string of the molecule is O=C(NC1CCCNC1)c1cc(Br)sc1Br. The number of rotatable bonds is 2. The zero-order valence-electron chi connectivity index (χ0n) is 8.56. The Morgan fingerprint density at radius 1 is 1.56 bits per heavy atom. The molecular weight excluding hydrogens is 356 g/mol. The van der Waals surface area contributed by atoms with Crippen molar-refractivity contribution < 1.29 is 4.79 Å². The standard InChI is InChI=1S/C10H12Br2N2OS/c11-8-4-7(9(12)16-8)10(15)14-6-2-1-3-13-5-6/h4,6,13H,1-3,5H2,(H,14,15). The molecule has 0 aromatic carbocycles. The van der Waals surface area contributed by atoms with Crippen LogP contribution in [0.15, 0.2) is 13.6 Å². The van der Waals surface area contributed by atoms with Gasteiger partial charge in [-0.15, -0.1) is 11.3 Å². The molecule has 1 aliphatic heterocycles. The minimum Gasteiger partial charge on any atom is -0.348 e. The summed E-state index contributed by atoms with van der Waals surface area (Å²) in [7, 11) is 0. The van der Waals surface area contributed by atoms with Crippen molar-refractivity contribution in [3.63, 3.8) is 0 Å². The predicted molar refractivity (Wildman–Crippen MR) is 73.1 cm³/mol. The van der Waals surface area contributed by atoms with Crippen LogP contribution in [-0.2, 0) is 0 Å². The van der Waals surface area contributed by atoms with Crippen LogP contribution in [0, 0.1) is 0 Å². The summed E-state index contributed by atoms with van der Waals surface area (Å²) in [5.41, 5.74) is 0.711. The molecule has 3 nitrogen and oxygen atoms in total. The van der Waals surface area contributed by atoms with Crippen LogP contribution in [0.3, 0.4) is 0 Å². The van der Waals surface area contributed by atoms with Crippen LogP contribution in [0.4, 0.5) is 0 Å². The molecule has 1 saturated heterocycles. The number of carbonyl (C=O) groups is 1. The topological polar surface area (TPSA) is 41.1 Å². The highest BCUT2D eigenvalue weighted by molar-refractivity contribution is 9.12. The minimum atomic E-state index is 0.00234. The summed E-state index contributed by atoms with van der Waals surface area (Å²) in [6.45, 7) is 1.93. The van der Waals surface area contributed by atoms with E-state index in [0.29, 0.717) is 5.56 Å². The smallest absolute Gasteiger partial charge is 0.253 e. The molecule has 1 aromatic rings. The Hall–Kier alpha value is 0.0900. The summed E-state index contributed by atoms with van der Waals surface area (Å²) >= 11 is 8.28. The fraction of sp³-hybridized carbons (Fsp3) is 0.500. The van der Waals surface area contributed by atoms with Gasteiger partial charge >= 0.3 is 0 Å². The van der Waals surface area contributed by atoms with Gasteiger partial charge in [0.05, 0.1) is 13.1 Å². The van der Waals surface area contributed by atoms with Crippen molar-refractivity contribution in [3.8, 4) is 0 Å². The molecular formula is C10H12Br2N2OS. The van der Waals surface area contributed by atoms with Gasteiger partial charge in [0.15, 0.2) is 0 Å². The van der Waals surface area contributed by atoms with E-state index in [1.54, 1.807) is 0 Å². The quantitative estimate of drug-likeness (QED) is 0.843. The van der Waals surface area contributed by atoms with E-state index in [4.69, 9.17) is 0 Å². The Morgan fingerprint density at radius 3 is 2.94 bits per heavy atom. The molecule has 1 aliphatic rings. The number of hydrogen-bond donors (Lipinski definition) is 2. The number of thiophene rings is 1. The fourth-order valence-electron chi connectivity index (χ4n) is 1.73. The third kappa shape index (κ3) is 3.06. The monoisotopic (exact) mass is 366 g/mol. The lowest BCUT2D eigenvalue weighted by atomic mass is 10.1. The van der Waals surface area contributed by atoms with Crippen molar-refractivity contribution >= 4 is 49.1 Å². The Balaban J connectivity index is 1.99. The summed E-state index contributed by atoms with van der Waals surface area (Å²) in [4.78, 5) is 12.0. The molecule has 0 bridgehead atoms. The predicted octanol–water partition coefficient (Wildman–Crippen LogP) is 2.75. The van der Waals surface area contributed by atoms with E-state index in [2.05, 4.69) is 42.5 Å². The summed E-state index contributed by atoms with van der Waals surface area (Å²) in [5, 5.41) is 6.32. The number of piperidine rings is 1. The van der Waals surface area contributed by atoms with Crippen LogP contribution in [0.2, 0.25) is 0 Å². The van der Waals surface area contributed by atoms with E-state index in [-0.39, 0.29) is 11.9 Å². The van der Waals surface area contributed by atoms with Crippen molar-refractivity contribution in [2.75, 3.05) is 13.1 Å². The number of halogens is 2. The molecule has 0 aliphatic carbocycles. The molecule has 2 heterocycles. The maximum atomic E-state index is 12.0. The van der Waals surface area contributed by atoms with Crippen LogP contribution in [-0.4, -0.2) is 25.0 Å². The Bertz CT molecular complexity index is 388. The van der Waals surface area contributed by atoms with Crippen molar-refractivity contribution in [1.82, 2.24) is 10.6 Å². The van der Waals surface area contributed by atoms with Gasteiger partial charge in [-0.1, -0.05) is 0 Å². The summed E-state index contributed by atoms with van der Waals surface area (Å²) in [6, 6.07) is 2.10. The van der Waals surface area contributed by atoms with E-state index in [9.17, 15) is 4.79 Å². The molecule has 2 rings (SSSR count). The Kier molecular flexibility index (Phi) is 4.41. The van der Waals surface area contributed by atoms with Gasteiger partial charge in [0, 0.05) is 12.6 Å². The molecule has 1 aromatic heterocycles. The van der Waals surface area contributed by atoms with Crippen LogP contribution < -0.4 is 10.6 Å². The maximum absolute atomic E-state index is 12.0. The van der Waals surface area contributed by atoms with Crippen LogP contribution >= 0.6 is 43.2 Å². The molecule has 88 valence electrons. The number of amides is 1. The van der Waals surface area contributed by atoms with Crippen molar-refractivity contribution in [2.45, 2.75) is 18.9 Å². The molecule has 0 radical (unpaired) electrons. The van der Waals surface area contributed by atoms with Crippen LogP contribution in [0.25, 0.3) is 0 Å². The zero-order chi connectivity index (χ0) is 11.5. The first kappa shape index (κ1) is 12.5. The lowest BCUT2D eigenvalue weighted by Crippen LogP contribution is -2.45. The zero-order valence-corrected chi connectivity index (χ0v) is 12.5. The normalized spacial score (nSPS) is 20.8. The number of hydrogen-bond acceptors (Lipinski definition) is 3. The van der Waals surface area contributed by atoms with E-state index >= 15 is 0 Å². The molecule has 0 saturated carbocycles. The highest BCUT2D eigenvalue weighted by Gasteiger charge is 2.19.